The summed E-state index contributed by atoms with van der Waals surface area (Å²) in [4.78, 5) is 15.1. The van der Waals surface area contributed by atoms with Crippen LogP contribution in [0.4, 0.5) is 16.2 Å². The zero-order valence-electron chi connectivity index (χ0n) is 15.9. The predicted octanol–water partition coefficient (Wildman–Crippen LogP) is 5.61. The summed E-state index contributed by atoms with van der Waals surface area (Å²) in [6, 6.07) is 20.0. The van der Waals surface area contributed by atoms with Gasteiger partial charge in [-0.1, -0.05) is 57.2 Å². The second-order valence-corrected chi connectivity index (χ2v) is 8.55. The van der Waals surface area contributed by atoms with Gasteiger partial charge in [-0.25, -0.2) is 4.79 Å². The maximum Gasteiger partial charge on any atom is 0.326 e. The molecule has 3 aliphatic carbocycles. The van der Waals surface area contributed by atoms with Crippen molar-refractivity contribution in [1.82, 2.24) is 5.32 Å². The number of carbonyl (C=O) groups excluding carboxylic acids is 1. The fourth-order valence-corrected chi connectivity index (χ4v) is 5.29. The molecule has 2 unspecified atom stereocenters. The molecule has 3 aliphatic rings. The molecule has 3 nitrogen and oxygen atoms in total. The molecule has 0 heterocycles. The summed E-state index contributed by atoms with van der Waals surface area (Å²) in [6.07, 6.45) is 2.33. The quantitative estimate of drug-likeness (QED) is 0.769. The fraction of sp³-hybridized carbons (Fsp3) is 0.435. The molecule has 3 heteroatoms. The minimum Gasteiger partial charge on any atom is -0.334 e. The molecular weight excluding hydrogens is 320 g/mol. The Balaban J connectivity index is 1.60. The molecule has 2 aromatic carbocycles. The maximum absolute atomic E-state index is 13.3. The molecule has 1 N–H and O–H groups in total. The number of anilines is 2. The van der Waals surface area contributed by atoms with Crippen molar-refractivity contribution < 1.29 is 4.79 Å². The van der Waals surface area contributed by atoms with E-state index < -0.39 is 0 Å². The Bertz CT molecular complexity index is 732. The van der Waals surface area contributed by atoms with E-state index in [0.29, 0.717) is 17.3 Å². The van der Waals surface area contributed by atoms with Crippen LogP contribution < -0.4 is 10.2 Å². The highest BCUT2D eigenvalue weighted by Gasteiger charge is 2.57. The number of fused-ring (bicyclic) bond motifs is 2. The summed E-state index contributed by atoms with van der Waals surface area (Å²) in [5.41, 5.74) is 2.12. The van der Waals surface area contributed by atoms with E-state index in [2.05, 4.69) is 26.1 Å². The molecule has 0 aliphatic heterocycles. The third-order valence-electron chi connectivity index (χ3n) is 6.76. The number of urea groups is 1. The third kappa shape index (κ3) is 2.80. The second-order valence-electron chi connectivity index (χ2n) is 8.55. The summed E-state index contributed by atoms with van der Waals surface area (Å²) in [7, 11) is 0. The highest BCUT2D eigenvalue weighted by molar-refractivity contribution is 5.99. The van der Waals surface area contributed by atoms with E-state index in [1.807, 2.05) is 60.7 Å². The number of carbonyl (C=O) groups is 1. The SMILES string of the molecule is CC1CC(NC(=O)N(c2ccccc2)c2ccccc2)[C@H]2C[C@@H]1C2(C)C. The van der Waals surface area contributed by atoms with E-state index in [9.17, 15) is 4.79 Å². The lowest BCUT2D eigenvalue weighted by molar-refractivity contribution is -0.116. The van der Waals surface area contributed by atoms with Gasteiger partial charge in [0.2, 0.25) is 0 Å². The van der Waals surface area contributed by atoms with Crippen molar-refractivity contribution in [2.45, 2.75) is 39.7 Å². The second kappa shape index (κ2) is 6.46. The van der Waals surface area contributed by atoms with Crippen LogP contribution in [-0.2, 0) is 0 Å². The van der Waals surface area contributed by atoms with Crippen LogP contribution in [0, 0.1) is 23.2 Å². The van der Waals surface area contributed by atoms with Gasteiger partial charge in [-0.3, -0.25) is 4.90 Å². The van der Waals surface area contributed by atoms with Crippen LogP contribution in [0.2, 0.25) is 0 Å². The maximum atomic E-state index is 13.3. The van der Waals surface area contributed by atoms with Gasteiger partial charge in [0.05, 0.1) is 11.4 Å². The first kappa shape index (κ1) is 17.1. The average molecular weight is 348 g/mol. The number of benzene rings is 2. The van der Waals surface area contributed by atoms with Gasteiger partial charge < -0.3 is 5.32 Å². The average Bonchev–Trinajstić information content (AvgIpc) is 2.63. The molecule has 0 aromatic heterocycles. The number of hydrogen-bond acceptors (Lipinski definition) is 1. The molecule has 0 spiro atoms. The van der Waals surface area contributed by atoms with E-state index >= 15 is 0 Å². The Hall–Kier alpha value is -2.29. The van der Waals surface area contributed by atoms with E-state index in [-0.39, 0.29) is 12.1 Å². The van der Waals surface area contributed by atoms with Gasteiger partial charge in [0.1, 0.15) is 0 Å². The Morgan fingerprint density at radius 1 is 0.923 bits per heavy atom. The van der Waals surface area contributed by atoms with Crippen LogP contribution >= 0.6 is 0 Å². The standard InChI is InChI=1S/C23H28N2O/c1-16-14-21(20-15-19(16)23(20,2)3)24-22(26)25(17-10-6-4-7-11-17)18-12-8-5-9-13-18/h4-13,16,19-21H,14-15H2,1-3H3,(H,24,26)/t16?,19-,20+,21?/m0/s1. The van der Waals surface area contributed by atoms with Crippen LogP contribution in [0.25, 0.3) is 0 Å². The summed E-state index contributed by atoms with van der Waals surface area (Å²) in [5.74, 6) is 2.06. The van der Waals surface area contributed by atoms with Crippen molar-refractivity contribution >= 4 is 17.4 Å². The molecule has 2 aromatic rings. The summed E-state index contributed by atoms with van der Waals surface area (Å²) < 4.78 is 0. The smallest absolute Gasteiger partial charge is 0.326 e. The molecule has 0 saturated heterocycles. The van der Waals surface area contributed by atoms with Gasteiger partial charge in [0.25, 0.3) is 0 Å². The molecular formula is C23H28N2O. The van der Waals surface area contributed by atoms with Gasteiger partial charge in [-0.2, -0.15) is 0 Å². The summed E-state index contributed by atoms with van der Waals surface area (Å²) >= 11 is 0. The fourth-order valence-electron chi connectivity index (χ4n) is 5.29. The van der Waals surface area contributed by atoms with Crippen molar-refractivity contribution in [3.8, 4) is 0 Å². The van der Waals surface area contributed by atoms with Crippen LogP contribution in [-0.4, -0.2) is 12.1 Å². The highest BCUT2D eigenvalue weighted by atomic mass is 16.2. The van der Waals surface area contributed by atoms with Crippen LogP contribution in [0.1, 0.15) is 33.6 Å². The summed E-state index contributed by atoms with van der Waals surface area (Å²) in [6.45, 7) is 7.08. The molecule has 0 radical (unpaired) electrons. The van der Waals surface area contributed by atoms with Gasteiger partial charge in [0.15, 0.2) is 0 Å². The normalized spacial score (nSPS) is 28.7. The van der Waals surface area contributed by atoms with Crippen molar-refractivity contribution in [2.24, 2.45) is 23.2 Å². The number of hydrogen-bond donors (Lipinski definition) is 1. The molecule has 2 amide bonds. The molecule has 5 rings (SSSR count). The zero-order valence-corrected chi connectivity index (χ0v) is 15.9. The number of nitrogens with one attached hydrogen (secondary N) is 1. The number of amides is 2. The van der Waals surface area contributed by atoms with Crippen LogP contribution in [0.5, 0.6) is 0 Å². The van der Waals surface area contributed by atoms with Crippen molar-refractivity contribution in [3.05, 3.63) is 60.7 Å². The first-order valence-corrected chi connectivity index (χ1v) is 9.69. The molecule has 26 heavy (non-hydrogen) atoms. The molecule has 4 atom stereocenters. The number of para-hydroxylation sites is 2. The topological polar surface area (TPSA) is 32.3 Å². The molecule has 2 bridgehead atoms. The van der Waals surface area contributed by atoms with E-state index in [4.69, 9.17) is 0 Å². The van der Waals surface area contributed by atoms with Crippen LogP contribution in [0.3, 0.4) is 0 Å². The van der Waals surface area contributed by atoms with E-state index in [1.165, 1.54) is 6.42 Å². The van der Waals surface area contributed by atoms with Crippen molar-refractivity contribution in [2.75, 3.05) is 4.90 Å². The number of rotatable bonds is 3. The van der Waals surface area contributed by atoms with E-state index in [1.54, 1.807) is 4.90 Å². The Kier molecular flexibility index (Phi) is 4.26. The third-order valence-corrected chi connectivity index (χ3v) is 6.76. The highest BCUT2D eigenvalue weighted by Crippen LogP contribution is 2.61. The van der Waals surface area contributed by atoms with Gasteiger partial charge in [0, 0.05) is 6.04 Å². The first-order chi connectivity index (χ1) is 12.5. The molecule has 3 fully saturated rings. The largest absolute Gasteiger partial charge is 0.334 e. The lowest BCUT2D eigenvalue weighted by Gasteiger charge is -2.62. The summed E-state index contributed by atoms with van der Waals surface area (Å²) in [5, 5.41) is 3.38. The van der Waals surface area contributed by atoms with Gasteiger partial charge >= 0.3 is 6.03 Å². The lowest BCUT2D eigenvalue weighted by atomic mass is 9.44. The van der Waals surface area contributed by atoms with Gasteiger partial charge in [-0.05, 0) is 60.3 Å². The minimum atomic E-state index is -0.0271. The van der Waals surface area contributed by atoms with Crippen LogP contribution in [0.15, 0.2) is 60.7 Å². The lowest BCUT2D eigenvalue weighted by Crippen LogP contribution is -2.63. The monoisotopic (exact) mass is 348 g/mol. The first-order valence-electron chi connectivity index (χ1n) is 9.69. The number of nitrogens with zero attached hydrogens (tertiary/aromatic N) is 1. The van der Waals surface area contributed by atoms with Crippen molar-refractivity contribution in [3.63, 3.8) is 0 Å². The molecule has 3 saturated carbocycles. The Labute approximate surface area is 156 Å². The Morgan fingerprint density at radius 3 is 1.92 bits per heavy atom. The predicted molar refractivity (Wildman–Crippen MR) is 107 cm³/mol. The van der Waals surface area contributed by atoms with E-state index in [0.717, 1.165) is 23.7 Å². The van der Waals surface area contributed by atoms with Gasteiger partial charge in [-0.15, -0.1) is 0 Å². The Morgan fingerprint density at radius 2 is 1.46 bits per heavy atom. The zero-order chi connectivity index (χ0) is 18.3. The molecule has 136 valence electrons. The minimum absolute atomic E-state index is 0.0271. The van der Waals surface area contributed by atoms with Crippen molar-refractivity contribution in [1.29, 1.82) is 0 Å².